The van der Waals surface area contributed by atoms with E-state index in [9.17, 15) is 14.9 Å². The van der Waals surface area contributed by atoms with Gasteiger partial charge in [0.25, 0.3) is 11.5 Å². The Morgan fingerprint density at radius 2 is 2.18 bits per heavy atom. The van der Waals surface area contributed by atoms with E-state index in [0.717, 1.165) is 5.56 Å². The maximum absolute atomic E-state index is 13.2. The number of allylic oxidation sites excluding steroid dienone is 4. The van der Waals surface area contributed by atoms with Crippen LogP contribution in [0.25, 0.3) is 16.7 Å². The molecular formula is C24H22BrN5O3. The number of methoxy groups -OCH3 is 1. The second-order valence-corrected chi connectivity index (χ2v) is 8.11. The largest absolute Gasteiger partial charge is 0.383 e. The SMILES string of the molecule is C=C/C=C/C=C(\Br)CC(=O)N=c1c(C#N)cc2c(=O)n3cccc(C)c3nc2n1CCOC. The molecule has 1 amide bonds. The van der Waals surface area contributed by atoms with E-state index in [1.807, 2.05) is 13.0 Å². The van der Waals surface area contributed by atoms with Crippen molar-refractivity contribution in [1.82, 2.24) is 14.0 Å². The average Bonchev–Trinajstić information content (AvgIpc) is 2.79. The van der Waals surface area contributed by atoms with Gasteiger partial charge in [-0.05, 0) is 24.6 Å². The zero-order valence-corrected chi connectivity index (χ0v) is 19.9. The van der Waals surface area contributed by atoms with Gasteiger partial charge in [0.1, 0.15) is 17.4 Å². The van der Waals surface area contributed by atoms with Gasteiger partial charge in [0.15, 0.2) is 5.49 Å². The molecule has 0 aliphatic rings. The van der Waals surface area contributed by atoms with Crippen LogP contribution in [0.1, 0.15) is 17.5 Å². The molecule has 33 heavy (non-hydrogen) atoms. The van der Waals surface area contributed by atoms with Crippen molar-refractivity contribution in [2.45, 2.75) is 19.9 Å². The second-order valence-electron chi connectivity index (χ2n) is 7.09. The highest BCUT2D eigenvalue weighted by Gasteiger charge is 2.16. The number of carbonyl (C=O) groups is 1. The lowest BCUT2D eigenvalue weighted by atomic mass is 10.2. The molecule has 0 saturated heterocycles. The van der Waals surface area contributed by atoms with Gasteiger partial charge < -0.3 is 9.30 Å². The van der Waals surface area contributed by atoms with Crippen LogP contribution in [-0.4, -0.2) is 33.6 Å². The van der Waals surface area contributed by atoms with E-state index in [1.54, 1.807) is 48.2 Å². The maximum atomic E-state index is 13.2. The number of nitrogens with zero attached hydrogens (tertiary/aromatic N) is 5. The van der Waals surface area contributed by atoms with Crippen LogP contribution in [0.5, 0.6) is 0 Å². The molecule has 9 heteroatoms. The molecule has 0 atom stereocenters. The summed E-state index contributed by atoms with van der Waals surface area (Å²) in [5.74, 6) is -0.458. The molecule has 0 N–H and O–H groups in total. The number of nitriles is 1. The molecule has 168 valence electrons. The van der Waals surface area contributed by atoms with Gasteiger partial charge in [-0.15, -0.1) is 0 Å². The van der Waals surface area contributed by atoms with E-state index in [-0.39, 0.29) is 41.6 Å². The van der Waals surface area contributed by atoms with Gasteiger partial charge >= 0.3 is 0 Å². The molecule has 0 fully saturated rings. The van der Waals surface area contributed by atoms with E-state index in [4.69, 9.17) is 9.72 Å². The van der Waals surface area contributed by atoms with Crippen molar-refractivity contribution in [3.8, 4) is 6.07 Å². The monoisotopic (exact) mass is 507 g/mol. The Kier molecular flexibility index (Phi) is 7.87. The van der Waals surface area contributed by atoms with E-state index in [2.05, 4.69) is 33.6 Å². The maximum Gasteiger partial charge on any atom is 0.267 e. The molecule has 3 heterocycles. The molecule has 0 aliphatic heterocycles. The Balaban J connectivity index is 2.30. The van der Waals surface area contributed by atoms with Crippen molar-refractivity contribution in [2.24, 2.45) is 4.99 Å². The summed E-state index contributed by atoms with van der Waals surface area (Å²) < 4.78 is 8.88. The normalized spacial score (nSPS) is 12.5. The van der Waals surface area contributed by atoms with Crippen LogP contribution in [0, 0.1) is 18.3 Å². The fourth-order valence-electron chi connectivity index (χ4n) is 3.28. The van der Waals surface area contributed by atoms with Gasteiger partial charge in [0.2, 0.25) is 0 Å². The highest BCUT2D eigenvalue weighted by Crippen LogP contribution is 2.14. The number of rotatable bonds is 7. The third-order valence-electron chi connectivity index (χ3n) is 4.82. The molecule has 0 radical (unpaired) electrons. The standard InChI is InChI=1S/C24H22BrN5O3/c1-4-5-6-9-18(25)14-20(31)27-22-17(15-26)13-19-23(29(22)11-12-33-3)28-21-16(2)8-7-10-30(21)24(19)32/h4-10,13H,1,11-12,14H2,2-3H3/b6-5+,18-9-,27-22?. The summed E-state index contributed by atoms with van der Waals surface area (Å²) in [4.78, 5) is 34.8. The summed E-state index contributed by atoms with van der Waals surface area (Å²) in [6.07, 6.45) is 8.45. The molecule has 0 spiro atoms. The summed E-state index contributed by atoms with van der Waals surface area (Å²) in [5.41, 5.74) is 1.57. The minimum absolute atomic E-state index is 0.00157. The fraction of sp³-hybridized carbons (Fsp3) is 0.208. The average molecular weight is 508 g/mol. The van der Waals surface area contributed by atoms with Crippen LogP contribution >= 0.6 is 15.9 Å². The van der Waals surface area contributed by atoms with Crippen LogP contribution in [0.4, 0.5) is 0 Å². The third-order valence-corrected chi connectivity index (χ3v) is 5.36. The smallest absolute Gasteiger partial charge is 0.267 e. The molecule has 0 unspecified atom stereocenters. The predicted molar refractivity (Wildman–Crippen MR) is 130 cm³/mol. The van der Waals surface area contributed by atoms with Gasteiger partial charge in [0, 0.05) is 24.3 Å². The van der Waals surface area contributed by atoms with Gasteiger partial charge in [0.05, 0.1) is 24.0 Å². The number of halogens is 1. The van der Waals surface area contributed by atoms with Crippen LogP contribution in [0.2, 0.25) is 0 Å². The number of ether oxygens (including phenoxy) is 1. The number of hydrogen-bond donors (Lipinski definition) is 0. The Morgan fingerprint density at radius 3 is 2.88 bits per heavy atom. The Labute approximate surface area is 198 Å². The molecular weight excluding hydrogens is 486 g/mol. The highest BCUT2D eigenvalue weighted by molar-refractivity contribution is 9.11. The first-order valence-electron chi connectivity index (χ1n) is 10.1. The van der Waals surface area contributed by atoms with Gasteiger partial charge in [-0.3, -0.25) is 14.0 Å². The van der Waals surface area contributed by atoms with Crippen molar-refractivity contribution in [2.75, 3.05) is 13.7 Å². The number of aryl methyl sites for hydroxylation is 1. The molecule has 0 bridgehead atoms. The first-order valence-corrected chi connectivity index (χ1v) is 10.9. The first-order chi connectivity index (χ1) is 15.9. The lowest BCUT2D eigenvalue weighted by molar-refractivity contribution is -0.117. The number of amides is 1. The van der Waals surface area contributed by atoms with Crippen LogP contribution in [0.3, 0.4) is 0 Å². The number of aromatic nitrogens is 3. The molecule has 0 aliphatic carbocycles. The van der Waals surface area contributed by atoms with Crippen molar-refractivity contribution in [3.05, 3.63) is 86.7 Å². The molecule has 0 saturated carbocycles. The summed E-state index contributed by atoms with van der Waals surface area (Å²) in [7, 11) is 1.54. The quantitative estimate of drug-likeness (QED) is 0.360. The zero-order valence-electron chi connectivity index (χ0n) is 18.3. The van der Waals surface area contributed by atoms with Crippen molar-refractivity contribution in [3.63, 3.8) is 0 Å². The zero-order chi connectivity index (χ0) is 24.0. The first kappa shape index (κ1) is 24.0. The lowest BCUT2D eigenvalue weighted by Crippen LogP contribution is -2.30. The van der Waals surface area contributed by atoms with Crippen LogP contribution < -0.4 is 11.0 Å². The summed E-state index contributed by atoms with van der Waals surface area (Å²) in [5, 5.41) is 10.0. The summed E-state index contributed by atoms with van der Waals surface area (Å²) in [6.45, 7) is 5.98. The molecule has 3 aromatic rings. The highest BCUT2D eigenvalue weighted by atomic mass is 79.9. The fourth-order valence-corrected chi connectivity index (χ4v) is 3.68. The van der Waals surface area contributed by atoms with E-state index < -0.39 is 5.91 Å². The topological polar surface area (TPSA) is 102 Å². The van der Waals surface area contributed by atoms with E-state index in [1.165, 1.54) is 10.5 Å². The van der Waals surface area contributed by atoms with Crippen molar-refractivity contribution >= 4 is 38.5 Å². The van der Waals surface area contributed by atoms with E-state index in [0.29, 0.717) is 15.8 Å². The molecule has 0 aromatic carbocycles. The summed E-state index contributed by atoms with van der Waals surface area (Å²) in [6, 6.07) is 7.12. The Hall–Kier alpha value is -3.61. The number of pyridine rings is 2. The Bertz CT molecular complexity index is 1470. The van der Waals surface area contributed by atoms with Gasteiger partial charge in [-0.2, -0.15) is 10.3 Å². The van der Waals surface area contributed by atoms with Crippen molar-refractivity contribution < 1.29 is 9.53 Å². The minimum Gasteiger partial charge on any atom is -0.383 e. The number of fused-ring (bicyclic) bond motifs is 2. The molecule has 3 rings (SSSR count). The Morgan fingerprint density at radius 1 is 1.39 bits per heavy atom. The van der Waals surface area contributed by atoms with Crippen molar-refractivity contribution in [1.29, 1.82) is 5.26 Å². The van der Waals surface area contributed by atoms with Crippen LogP contribution in [0.15, 0.2) is 69.5 Å². The van der Waals surface area contributed by atoms with Gasteiger partial charge in [-0.25, -0.2) is 4.98 Å². The second kappa shape index (κ2) is 10.8. The lowest BCUT2D eigenvalue weighted by Gasteiger charge is -2.13. The number of carbonyl (C=O) groups excluding carboxylic acids is 1. The third kappa shape index (κ3) is 5.25. The van der Waals surface area contributed by atoms with Gasteiger partial charge in [-0.1, -0.05) is 52.9 Å². The molecule has 8 nitrogen and oxygen atoms in total. The minimum atomic E-state index is -0.458. The molecule has 3 aromatic heterocycles. The van der Waals surface area contributed by atoms with Crippen LogP contribution in [-0.2, 0) is 16.1 Å². The van der Waals surface area contributed by atoms with E-state index >= 15 is 0 Å². The number of hydrogen-bond acceptors (Lipinski definition) is 5. The predicted octanol–water partition coefficient (Wildman–Crippen LogP) is 3.31. The summed E-state index contributed by atoms with van der Waals surface area (Å²) >= 11 is 3.35.